The maximum Gasteiger partial charge on any atom is 0.224 e. The molecule has 0 aromatic heterocycles. The van der Waals surface area contributed by atoms with E-state index in [2.05, 4.69) is 5.32 Å². The number of ether oxygens (including phenoxy) is 2. The Bertz CT molecular complexity index is 752. The SMILES string of the molecule is COc1ccc(C(O)CCC(=O)Nc2ccc(Cl)c(Cl)c2)c(OC)c1. The van der Waals surface area contributed by atoms with Gasteiger partial charge in [-0.05, 0) is 36.8 Å². The van der Waals surface area contributed by atoms with Crippen LogP contribution in [0.4, 0.5) is 5.69 Å². The molecule has 0 heterocycles. The smallest absolute Gasteiger partial charge is 0.224 e. The quantitative estimate of drug-likeness (QED) is 0.740. The number of benzene rings is 2. The first kappa shape index (κ1) is 19.4. The number of aliphatic hydroxyl groups is 1. The Balaban J connectivity index is 1.96. The Kier molecular flexibility index (Phi) is 6.93. The maximum atomic E-state index is 12.0. The Labute approximate surface area is 156 Å². The lowest BCUT2D eigenvalue weighted by Crippen LogP contribution is -2.13. The Morgan fingerprint density at radius 1 is 1.12 bits per heavy atom. The van der Waals surface area contributed by atoms with Crippen LogP contribution in [0.25, 0.3) is 0 Å². The number of carbonyl (C=O) groups excluding carboxylic acids is 1. The largest absolute Gasteiger partial charge is 0.497 e. The standard InChI is InChI=1S/C18H19Cl2NO4/c1-24-12-4-5-13(17(10-12)25-2)16(22)7-8-18(23)21-11-3-6-14(19)15(20)9-11/h3-6,9-10,16,22H,7-8H2,1-2H3,(H,21,23). The number of hydrogen-bond acceptors (Lipinski definition) is 4. The topological polar surface area (TPSA) is 67.8 Å². The zero-order valence-corrected chi connectivity index (χ0v) is 15.4. The Hall–Kier alpha value is -1.95. The van der Waals surface area contributed by atoms with Gasteiger partial charge in [-0.2, -0.15) is 0 Å². The second kappa shape index (κ2) is 8.94. The van der Waals surface area contributed by atoms with E-state index in [1.165, 1.54) is 7.11 Å². The molecule has 0 spiro atoms. The van der Waals surface area contributed by atoms with Crippen LogP contribution in [0.5, 0.6) is 11.5 Å². The molecule has 2 rings (SSSR count). The minimum absolute atomic E-state index is 0.136. The highest BCUT2D eigenvalue weighted by molar-refractivity contribution is 6.42. The average molecular weight is 384 g/mol. The van der Waals surface area contributed by atoms with Gasteiger partial charge in [-0.15, -0.1) is 0 Å². The number of carbonyl (C=O) groups is 1. The molecule has 0 radical (unpaired) electrons. The van der Waals surface area contributed by atoms with Crippen molar-refractivity contribution < 1.29 is 19.4 Å². The van der Waals surface area contributed by atoms with E-state index in [1.54, 1.807) is 43.5 Å². The van der Waals surface area contributed by atoms with Crippen molar-refractivity contribution in [3.05, 3.63) is 52.0 Å². The second-order valence-electron chi connectivity index (χ2n) is 5.34. The first-order chi connectivity index (χ1) is 11.9. The van der Waals surface area contributed by atoms with Gasteiger partial charge < -0.3 is 19.9 Å². The van der Waals surface area contributed by atoms with Gasteiger partial charge in [-0.3, -0.25) is 4.79 Å². The lowest BCUT2D eigenvalue weighted by atomic mass is 10.0. The van der Waals surface area contributed by atoms with E-state index in [-0.39, 0.29) is 18.7 Å². The van der Waals surface area contributed by atoms with Crippen molar-refractivity contribution in [1.29, 1.82) is 0 Å². The predicted octanol–water partition coefficient (Wildman–Crippen LogP) is 4.46. The molecule has 0 bridgehead atoms. The number of hydrogen-bond donors (Lipinski definition) is 2. The normalized spacial score (nSPS) is 11.7. The minimum atomic E-state index is -0.833. The first-order valence-electron chi connectivity index (χ1n) is 7.59. The van der Waals surface area contributed by atoms with Crippen LogP contribution < -0.4 is 14.8 Å². The van der Waals surface area contributed by atoms with Crippen LogP contribution in [0.2, 0.25) is 10.0 Å². The van der Waals surface area contributed by atoms with Crippen molar-refractivity contribution in [2.24, 2.45) is 0 Å². The summed E-state index contributed by atoms with van der Waals surface area (Å²) in [5, 5.41) is 13.9. The highest BCUT2D eigenvalue weighted by Gasteiger charge is 2.16. The summed E-state index contributed by atoms with van der Waals surface area (Å²) in [4.78, 5) is 12.0. The van der Waals surface area contributed by atoms with Crippen molar-refractivity contribution >= 4 is 34.8 Å². The molecule has 0 saturated carbocycles. The molecule has 7 heteroatoms. The van der Waals surface area contributed by atoms with E-state index in [0.717, 1.165) is 0 Å². The molecule has 0 aliphatic heterocycles. The van der Waals surface area contributed by atoms with Gasteiger partial charge in [0.05, 0.1) is 30.4 Å². The van der Waals surface area contributed by atoms with Crippen LogP contribution in [0, 0.1) is 0 Å². The zero-order chi connectivity index (χ0) is 18.4. The summed E-state index contributed by atoms with van der Waals surface area (Å²) >= 11 is 11.8. The number of aliphatic hydroxyl groups excluding tert-OH is 1. The number of anilines is 1. The Morgan fingerprint density at radius 3 is 2.52 bits per heavy atom. The van der Waals surface area contributed by atoms with Crippen molar-refractivity contribution in [2.45, 2.75) is 18.9 Å². The minimum Gasteiger partial charge on any atom is -0.497 e. The third kappa shape index (κ3) is 5.26. The lowest BCUT2D eigenvalue weighted by molar-refractivity contribution is -0.116. The molecule has 25 heavy (non-hydrogen) atoms. The van der Waals surface area contributed by atoms with Crippen molar-refractivity contribution in [3.63, 3.8) is 0 Å². The third-order valence-corrected chi connectivity index (χ3v) is 4.39. The van der Waals surface area contributed by atoms with Gasteiger partial charge in [-0.1, -0.05) is 23.2 Å². The maximum absolute atomic E-state index is 12.0. The van der Waals surface area contributed by atoms with Crippen LogP contribution in [0.15, 0.2) is 36.4 Å². The molecular weight excluding hydrogens is 365 g/mol. The van der Waals surface area contributed by atoms with E-state index in [4.69, 9.17) is 32.7 Å². The predicted molar refractivity (Wildman–Crippen MR) is 98.8 cm³/mol. The summed E-state index contributed by atoms with van der Waals surface area (Å²) < 4.78 is 10.4. The molecule has 1 atom stereocenters. The molecule has 5 nitrogen and oxygen atoms in total. The van der Waals surface area contributed by atoms with Crippen LogP contribution in [-0.2, 0) is 4.79 Å². The molecule has 134 valence electrons. The number of nitrogens with one attached hydrogen (secondary N) is 1. The van der Waals surface area contributed by atoms with E-state index in [0.29, 0.717) is 32.8 Å². The van der Waals surface area contributed by atoms with Gasteiger partial charge in [0.25, 0.3) is 0 Å². The summed E-state index contributed by atoms with van der Waals surface area (Å²) in [5.41, 5.74) is 1.15. The molecule has 2 aromatic rings. The van der Waals surface area contributed by atoms with Crippen molar-refractivity contribution in [3.8, 4) is 11.5 Å². The van der Waals surface area contributed by atoms with Crippen LogP contribution in [0.1, 0.15) is 24.5 Å². The van der Waals surface area contributed by atoms with Gasteiger partial charge >= 0.3 is 0 Å². The zero-order valence-electron chi connectivity index (χ0n) is 13.9. The van der Waals surface area contributed by atoms with Crippen molar-refractivity contribution in [2.75, 3.05) is 19.5 Å². The van der Waals surface area contributed by atoms with Gasteiger partial charge in [-0.25, -0.2) is 0 Å². The van der Waals surface area contributed by atoms with Gasteiger partial charge in [0.15, 0.2) is 0 Å². The lowest BCUT2D eigenvalue weighted by Gasteiger charge is -2.15. The molecule has 2 aromatic carbocycles. The number of amides is 1. The second-order valence-corrected chi connectivity index (χ2v) is 6.15. The summed E-state index contributed by atoms with van der Waals surface area (Å²) in [7, 11) is 3.07. The fourth-order valence-corrected chi connectivity index (χ4v) is 2.61. The fraction of sp³-hybridized carbons (Fsp3) is 0.278. The summed E-state index contributed by atoms with van der Waals surface area (Å²) in [6.07, 6.45) is -0.452. The van der Waals surface area contributed by atoms with E-state index in [1.807, 2.05) is 0 Å². The highest BCUT2D eigenvalue weighted by atomic mass is 35.5. The van der Waals surface area contributed by atoms with Gasteiger partial charge in [0.1, 0.15) is 11.5 Å². The fourth-order valence-electron chi connectivity index (χ4n) is 2.31. The van der Waals surface area contributed by atoms with E-state index < -0.39 is 6.10 Å². The molecule has 0 saturated heterocycles. The molecule has 0 fully saturated rings. The number of halogens is 2. The van der Waals surface area contributed by atoms with E-state index in [9.17, 15) is 9.90 Å². The molecule has 1 unspecified atom stereocenters. The molecular formula is C18H19Cl2NO4. The number of rotatable bonds is 7. The van der Waals surface area contributed by atoms with Crippen LogP contribution in [0.3, 0.4) is 0 Å². The Morgan fingerprint density at radius 2 is 1.88 bits per heavy atom. The van der Waals surface area contributed by atoms with E-state index >= 15 is 0 Å². The molecule has 1 amide bonds. The summed E-state index contributed by atoms with van der Waals surface area (Å²) in [6, 6.07) is 9.99. The van der Waals surface area contributed by atoms with Crippen molar-refractivity contribution in [1.82, 2.24) is 0 Å². The van der Waals surface area contributed by atoms with Crippen LogP contribution >= 0.6 is 23.2 Å². The average Bonchev–Trinajstić information content (AvgIpc) is 2.62. The highest BCUT2D eigenvalue weighted by Crippen LogP contribution is 2.31. The first-order valence-corrected chi connectivity index (χ1v) is 8.35. The molecule has 0 aliphatic carbocycles. The summed E-state index contributed by atoms with van der Waals surface area (Å²) in [6.45, 7) is 0. The molecule has 2 N–H and O–H groups in total. The van der Waals surface area contributed by atoms with Gasteiger partial charge in [0, 0.05) is 23.7 Å². The number of methoxy groups -OCH3 is 2. The van der Waals surface area contributed by atoms with Crippen LogP contribution in [-0.4, -0.2) is 25.2 Å². The summed E-state index contributed by atoms with van der Waals surface area (Å²) in [5.74, 6) is 0.909. The van der Waals surface area contributed by atoms with Gasteiger partial charge in [0.2, 0.25) is 5.91 Å². The third-order valence-electron chi connectivity index (χ3n) is 3.65. The molecule has 0 aliphatic rings. The monoisotopic (exact) mass is 383 g/mol.